The van der Waals surface area contributed by atoms with Gasteiger partial charge in [-0.1, -0.05) is 20.8 Å². The molecule has 3 nitrogen and oxygen atoms in total. The van der Waals surface area contributed by atoms with Crippen molar-refractivity contribution in [1.29, 1.82) is 0 Å². The van der Waals surface area contributed by atoms with Gasteiger partial charge in [-0.25, -0.2) is 9.37 Å². The van der Waals surface area contributed by atoms with Crippen molar-refractivity contribution in [2.45, 2.75) is 27.2 Å². The second-order valence-corrected chi connectivity index (χ2v) is 5.90. The van der Waals surface area contributed by atoms with Gasteiger partial charge in [0.25, 0.3) is 0 Å². The van der Waals surface area contributed by atoms with Crippen molar-refractivity contribution < 1.29 is 9.13 Å². The lowest BCUT2D eigenvalue weighted by Gasteiger charge is -2.20. The number of hydrogen-bond acceptors (Lipinski definition) is 2. The van der Waals surface area contributed by atoms with E-state index in [1.54, 1.807) is 24.7 Å². The van der Waals surface area contributed by atoms with Gasteiger partial charge >= 0.3 is 0 Å². The van der Waals surface area contributed by atoms with Crippen LogP contribution in [0.3, 0.4) is 0 Å². The highest BCUT2D eigenvalue weighted by Gasteiger charge is 2.15. The van der Waals surface area contributed by atoms with Crippen molar-refractivity contribution in [2.24, 2.45) is 5.41 Å². The topological polar surface area (TPSA) is 27.1 Å². The summed E-state index contributed by atoms with van der Waals surface area (Å²) in [5, 5.41) is 0. The molecule has 0 aliphatic heterocycles. The van der Waals surface area contributed by atoms with Gasteiger partial charge in [-0.3, -0.25) is 0 Å². The van der Waals surface area contributed by atoms with Crippen LogP contribution in [0.1, 0.15) is 27.2 Å². The Hall–Kier alpha value is -2.10. The lowest BCUT2D eigenvalue weighted by atomic mass is 9.91. The minimum Gasteiger partial charge on any atom is -0.460 e. The fraction of sp³-hybridized carbons (Fsp3) is 0.312. The number of allylic oxidation sites excluding steroid dienone is 1. The predicted molar refractivity (Wildman–Crippen MR) is 77.6 cm³/mol. The van der Waals surface area contributed by atoms with E-state index in [0.717, 1.165) is 12.2 Å². The molecule has 0 spiro atoms. The number of aromatic nitrogens is 2. The molecule has 0 saturated heterocycles. The van der Waals surface area contributed by atoms with E-state index >= 15 is 0 Å². The van der Waals surface area contributed by atoms with Crippen LogP contribution in [0.25, 0.3) is 6.20 Å². The third-order valence-corrected chi connectivity index (χ3v) is 2.59. The maximum absolute atomic E-state index is 12.9. The summed E-state index contributed by atoms with van der Waals surface area (Å²) in [6.07, 6.45) is 7.92. The van der Waals surface area contributed by atoms with Gasteiger partial charge < -0.3 is 9.30 Å². The number of benzene rings is 1. The van der Waals surface area contributed by atoms with Crippen LogP contribution >= 0.6 is 0 Å². The summed E-state index contributed by atoms with van der Waals surface area (Å²) in [7, 11) is 0. The van der Waals surface area contributed by atoms with E-state index in [2.05, 4.69) is 25.8 Å². The van der Waals surface area contributed by atoms with Crippen molar-refractivity contribution in [3.05, 3.63) is 54.6 Å². The highest BCUT2D eigenvalue weighted by molar-refractivity contribution is 5.32. The smallest absolute Gasteiger partial charge is 0.127 e. The molecule has 0 fully saturated rings. The molecular weight excluding hydrogens is 255 g/mol. The highest BCUT2D eigenvalue weighted by Crippen LogP contribution is 2.27. The Kier molecular flexibility index (Phi) is 4.23. The van der Waals surface area contributed by atoms with Gasteiger partial charge in [0.05, 0.1) is 6.33 Å². The van der Waals surface area contributed by atoms with Crippen LogP contribution in [0.2, 0.25) is 0 Å². The van der Waals surface area contributed by atoms with Crippen molar-refractivity contribution in [3.63, 3.8) is 0 Å². The van der Waals surface area contributed by atoms with Crippen molar-refractivity contribution >= 4 is 6.20 Å². The molecule has 1 aromatic carbocycles. The van der Waals surface area contributed by atoms with E-state index in [4.69, 9.17) is 4.74 Å². The third kappa shape index (κ3) is 4.53. The Morgan fingerprint density at radius 3 is 2.55 bits per heavy atom. The van der Waals surface area contributed by atoms with Crippen molar-refractivity contribution in [1.82, 2.24) is 9.55 Å². The Morgan fingerprint density at radius 1 is 1.30 bits per heavy atom. The van der Waals surface area contributed by atoms with Crippen LogP contribution in [0.4, 0.5) is 4.39 Å². The summed E-state index contributed by atoms with van der Waals surface area (Å²) in [4.78, 5) is 4.00. The third-order valence-electron chi connectivity index (χ3n) is 2.59. The van der Waals surface area contributed by atoms with E-state index in [1.165, 1.54) is 12.1 Å². The van der Waals surface area contributed by atoms with Gasteiger partial charge in [0.15, 0.2) is 0 Å². The first-order valence-electron chi connectivity index (χ1n) is 6.54. The number of hydrogen-bond donors (Lipinski definition) is 0. The molecule has 0 aliphatic rings. The summed E-state index contributed by atoms with van der Waals surface area (Å²) in [5.41, 5.74) is 0.0897. The second-order valence-electron chi connectivity index (χ2n) is 5.90. The van der Waals surface area contributed by atoms with Crippen molar-refractivity contribution in [3.8, 4) is 5.75 Å². The van der Waals surface area contributed by atoms with E-state index in [0.29, 0.717) is 5.75 Å². The normalized spacial score (nSPS) is 12.5. The maximum atomic E-state index is 12.9. The molecule has 0 unspecified atom stereocenters. The monoisotopic (exact) mass is 274 g/mol. The Bertz CT molecular complexity index is 566. The average molecular weight is 274 g/mol. The first kappa shape index (κ1) is 14.3. The molecule has 4 heteroatoms. The van der Waals surface area contributed by atoms with E-state index in [9.17, 15) is 4.39 Å². The predicted octanol–water partition coefficient (Wildman–Crippen LogP) is 4.34. The zero-order chi connectivity index (χ0) is 14.6. The molecule has 0 atom stereocenters. The molecule has 1 aromatic heterocycles. The minimum atomic E-state index is -0.270. The fourth-order valence-corrected chi connectivity index (χ4v) is 1.80. The highest BCUT2D eigenvalue weighted by atomic mass is 19.1. The number of nitrogens with zero attached hydrogens (tertiary/aromatic N) is 2. The molecule has 0 saturated carbocycles. The fourth-order valence-electron chi connectivity index (χ4n) is 1.80. The molecule has 0 amide bonds. The number of rotatable bonds is 4. The summed E-state index contributed by atoms with van der Waals surface area (Å²) >= 11 is 0. The summed E-state index contributed by atoms with van der Waals surface area (Å²) in [6, 6.07) is 6.03. The van der Waals surface area contributed by atoms with E-state index in [1.807, 2.05) is 17.0 Å². The summed E-state index contributed by atoms with van der Waals surface area (Å²) in [5.74, 6) is 1.16. The summed E-state index contributed by atoms with van der Waals surface area (Å²) in [6.45, 7) is 6.42. The molecule has 20 heavy (non-hydrogen) atoms. The second kappa shape index (κ2) is 5.90. The Labute approximate surface area is 118 Å². The van der Waals surface area contributed by atoms with Crippen LogP contribution < -0.4 is 4.74 Å². The largest absolute Gasteiger partial charge is 0.460 e. The molecule has 2 aromatic rings. The van der Waals surface area contributed by atoms with Crippen LogP contribution in [-0.2, 0) is 0 Å². The van der Waals surface area contributed by atoms with Gasteiger partial charge in [0, 0.05) is 25.0 Å². The van der Waals surface area contributed by atoms with Gasteiger partial charge in [-0.05, 0) is 29.7 Å². The lowest BCUT2D eigenvalue weighted by Crippen LogP contribution is -2.10. The first-order valence-corrected chi connectivity index (χ1v) is 6.54. The average Bonchev–Trinajstić information content (AvgIpc) is 2.83. The molecule has 0 N–H and O–H groups in total. The van der Waals surface area contributed by atoms with Crippen LogP contribution in [-0.4, -0.2) is 9.55 Å². The first-order chi connectivity index (χ1) is 9.42. The van der Waals surface area contributed by atoms with Gasteiger partial charge in [-0.15, -0.1) is 0 Å². The van der Waals surface area contributed by atoms with Gasteiger partial charge in [0.1, 0.15) is 17.3 Å². The minimum absolute atomic E-state index is 0.0897. The van der Waals surface area contributed by atoms with Crippen LogP contribution in [0, 0.1) is 11.2 Å². The zero-order valence-electron chi connectivity index (χ0n) is 12.0. The molecule has 1 heterocycles. The van der Waals surface area contributed by atoms with Crippen LogP contribution in [0.15, 0.2) is 48.7 Å². The standard InChI is InChI=1S/C16H19FN2O/c1-16(2,3)10-15(11-19-9-8-18-12-19)20-14-6-4-13(17)5-7-14/h4-9,11-12H,10H2,1-3H3. The SMILES string of the molecule is CC(C)(C)CC(=Cn1ccnc1)Oc1ccc(F)cc1. The molecule has 2 rings (SSSR count). The van der Waals surface area contributed by atoms with E-state index < -0.39 is 0 Å². The zero-order valence-corrected chi connectivity index (χ0v) is 12.0. The Balaban J connectivity index is 2.20. The number of imidazole rings is 1. The number of halogens is 1. The molecule has 0 radical (unpaired) electrons. The molecular formula is C16H19FN2O. The summed E-state index contributed by atoms with van der Waals surface area (Å²) < 4.78 is 20.6. The van der Waals surface area contributed by atoms with E-state index in [-0.39, 0.29) is 11.2 Å². The van der Waals surface area contributed by atoms with Crippen molar-refractivity contribution in [2.75, 3.05) is 0 Å². The molecule has 0 aliphatic carbocycles. The maximum Gasteiger partial charge on any atom is 0.127 e. The van der Waals surface area contributed by atoms with Crippen LogP contribution in [0.5, 0.6) is 5.75 Å². The quantitative estimate of drug-likeness (QED) is 0.776. The van der Waals surface area contributed by atoms with Gasteiger partial charge in [-0.2, -0.15) is 0 Å². The Morgan fingerprint density at radius 2 is 2.00 bits per heavy atom. The molecule has 106 valence electrons. The van der Waals surface area contributed by atoms with Gasteiger partial charge in [0.2, 0.25) is 0 Å². The lowest BCUT2D eigenvalue weighted by molar-refractivity contribution is 0.318. The molecule has 0 bridgehead atoms. The number of ether oxygens (including phenoxy) is 1.